The van der Waals surface area contributed by atoms with Crippen molar-refractivity contribution in [3.8, 4) is 0 Å². The van der Waals surface area contributed by atoms with E-state index in [0.29, 0.717) is 24.2 Å². The van der Waals surface area contributed by atoms with Crippen molar-refractivity contribution in [1.29, 1.82) is 0 Å². The average molecular weight is 261 g/mol. The number of primary amides is 1. The van der Waals surface area contributed by atoms with Gasteiger partial charge in [0.15, 0.2) is 0 Å². The lowest BCUT2D eigenvalue weighted by Gasteiger charge is -2.40. The van der Waals surface area contributed by atoms with Crippen LogP contribution in [0, 0.1) is 5.41 Å². The van der Waals surface area contributed by atoms with Gasteiger partial charge in [-0.2, -0.15) is 0 Å². The Labute approximate surface area is 112 Å². The molecule has 0 unspecified atom stereocenters. The van der Waals surface area contributed by atoms with Crippen molar-refractivity contribution < 1.29 is 9.59 Å². The predicted octanol–water partition coefficient (Wildman–Crippen LogP) is 1.24. The number of nitrogens with one attached hydrogen (secondary N) is 1. The summed E-state index contributed by atoms with van der Waals surface area (Å²) in [6.45, 7) is 0.543. The minimum absolute atomic E-state index is 0.0224. The lowest BCUT2D eigenvalue weighted by atomic mass is 9.66. The highest BCUT2D eigenvalue weighted by Crippen LogP contribution is 2.43. The molecule has 102 valence electrons. The van der Waals surface area contributed by atoms with Gasteiger partial charge < -0.3 is 16.8 Å². The molecule has 2 amide bonds. The van der Waals surface area contributed by atoms with E-state index in [1.165, 1.54) is 0 Å². The summed E-state index contributed by atoms with van der Waals surface area (Å²) in [7, 11) is 0. The largest absolute Gasteiger partial charge is 0.366 e. The molecule has 0 heterocycles. The van der Waals surface area contributed by atoms with E-state index in [1.54, 1.807) is 24.3 Å². The minimum atomic E-state index is -0.506. The molecule has 0 aromatic heterocycles. The molecule has 5 nitrogen and oxygen atoms in total. The standard InChI is InChI=1S/C14H19N3O2/c15-9-14(5-2-6-14)8-12(18)17-11-4-1-3-10(7-11)13(16)19/h1,3-4,7H,2,5-6,8-9,15H2,(H2,16,19)(H,17,18). The summed E-state index contributed by atoms with van der Waals surface area (Å²) < 4.78 is 0. The van der Waals surface area contributed by atoms with Crippen molar-refractivity contribution in [3.63, 3.8) is 0 Å². The van der Waals surface area contributed by atoms with Crippen LogP contribution in [0.15, 0.2) is 24.3 Å². The molecule has 5 N–H and O–H groups in total. The van der Waals surface area contributed by atoms with E-state index in [1.807, 2.05) is 0 Å². The first-order chi connectivity index (χ1) is 9.04. The van der Waals surface area contributed by atoms with Crippen LogP contribution in [-0.4, -0.2) is 18.4 Å². The van der Waals surface area contributed by atoms with Crippen LogP contribution in [0.25, 0.3) is 0 Å². The highest BCUT2D eigenvalue weighted by molar-refractivity contribution is 5.96. The molecule has 0 aliphatic heterocycles. The van der Waals surface area contributed by atoms with Crippen molar-refractivity contribution in [2.45, 2.75) is 25.7 Å². The summed E-state index contributed by atoms with van der Waals surface area (Å²) in [6.07, 6.45) is 3.60. The Hall–Kier alpha value is -1.88. The Bertz CT molecular complexity index is 490. The molecule has 0 bridgehead atoms. The topological polar surface area (TPSA) is 98.2 Å². The van der Waals surface area contributed by atoms with E-state index in [0.717, 1.165) is 19.3 Å². The van der Waals surface area contributed by atoms with Crippen molar-refractivity contribution >= 4 is 17.5 Å². The number of carbonyl (C=O) groups is 2. The van der Waals surface area contributed by atoms with Crippen LogP contribution >= 0.6 is 0 Å². The summed E-state index contributed by atoms with van der Waals surface area (Å²) >= 11 is 0. The van der Waals surface area contributed by atoms with E-state index >= 15 is 0 Å². The summed E-state index contributed by atoms with van der Waals surface area (Å²) in [4.78, 5) is 23.0. The zero-order chi connectivity index (χ0) is 13.9. The molecule has 2 rings (SSSR count). The van der Waals surface area contributed by atoms with Crippen LogP contribution in [0.1, 0.15) is 36.0 Å². The SMILES string of the molecule is NCC1(CC(=O)Nc2cccc(C(N)=O)c2)CCC1. The summed E-state index contributed by atoms with van der Waals surface area (Å²) in [5.41, 5.74) is 11.9. The lowest BCUT2D eigenvalue weighted by molar-refractivity contribution is -0.119. The Morgan fingerprint density at radius 1 is 1.32 bits per heavy atom. The molecule has 0 saturated heterocycles. The Kier molecular flexibility index (Phi) is 3.85. The van der Waals surface area contributed by atoms with Gasteiger partial charge >= 0.3 is 0 Å². The van der Waals surface area contributed by atoms with Gasteiger partial charge in [-0.05, 0) is 43.0 Å². The Morgan fingerprint density at radius 2 is 2.05 bits per heavy atom. The Balaban J connectivity index is 1.99. The third-order valence-corrected chi connectivity index (χ3v) is 3.81. The third-order valence-electron chi connectivity index (χ3n) is 3.81. The second kappa shape index (κ2) is 5.40. The van der Waals surface area contributed by atoms with Crippen LogP contribution in [-0.2, 0) is 4.79 Å². The van der Waals surface area contributed by atoms with Crippen LogP contribution in [0.4, 0.5) is 5.69 Å². The number of anilines is 1. The monoisotopic (exact) mass is 261 g/mol. The first-order valence-corrected chi connectivity index (χ1v) is 6.44. The quantitative estimate of drug-likeness (QED) is 0.743. The zero-order valence-electron chi connectivity index (χ0n) is 10.8. The molecule has 1 fully saturated rings. The van der Waals surface area contributed by atoms with Gasteiger partial charge in [0.1, 0.15) is 0 Å². The van der Waals surface area contributed by atoms with Crippen LogP contribution in [0.5, 0.6) is 0 Å². The molecule has 1 aromatic carbocycles. The molecule has 0 radical (unpaired) electrons. The molecule has 19 heavy (non-hydrogen) atoms. The normalized spacial score (nSPS) is 16.5. The summed E-state index contributed by atoms with van der Waals surface area (Å²) in [5, 5.41) is 2.79. The molecule has 0 atom stereocenters. The maximum atomic E-state index is 12.0. The maximum absolute atomic E-state index is 12.0. The fourth-order valence-corrected chi connectivity index (χ4v) is 2.43. The molecule has 0 spiro atoms. The molecule has 1 saturated carbocycles. The van der Waals surface area contributed by atoms with E-state index in [9.17, 15) is 9.59 Å². The van der Waals surface area contributed by atoms with E-state index in [4.69, 9.17) is 11.5 Å². The second-order valence-corrected chi connectivity index (χ2v) is 5.23. The first kappa shape index (κ1) is 13.5. The van der Waals surface area contributed by atoms with Crippen LogP contribution in [0.2, 0.25) is 0 Å². The van der Waals surface area contributed by atoms with Crippen molar-refractivity contribution in [2.24, 2.45) is 16.9 Å². The van der Waals surface area contributed by atoms with E-state index < -0.39 is 5.91 Å². The second-order valence-electron chi connectivity index (χ2n) is 5.23. The molecule has 1 aliphatic rings. The Morgan fingerprint density at radius 3 is 2.58 bits per heavy atom. The van der Waals surface area contributed by atoms with Crippen molar-refractivity contribution in [1.82, 2.24) is 0 Å². The van der Waals surface area contributed by atoms with Crippen LogP contribution < -0.4 is 16.8 Å². The number of nitrogens with two attached hydrogens (primary N) is 2. The number of hydrogen-bond donors (Lipinski definition) is 3. The van der Waals surface area contributed by atoms with Crippen LogP contribution in [0.3, 0.4) is 0 Å². The van der Waals surface area contributed by atoms with Gasteiger partial charge in [0.05, 0.1) is 0 Å². The molecular weight excluding hydrogens is 242 g/mol. The summed E-state index contributed by atoms with van der Waals surface area (Å²) in [6, 6.07) is 6.62. The number of amides is 2. The third kappa shape index (κ3) is 3.12. The number of carbonyl (C=O) groups excluding carboxylic acids is 2. The molecule has 1 aliphatic carbocycles. The highest BCUT2D eigenvalue weighted by atomic mass is 16.2. The van der Waals surface area contributed by atoms with Gasteiger partial charge in [-0.15, -0.1) is 0 Å². The number of benzene rings is 1. The summed E-state index contributed by atoms with van der Waals surface area (Å²) in [5.74, 6) is -0.569. The van der Waals surface area contributed by atoms with Crippen molar-refractivity contribution in [3.05, 3.63) is 29.8 Å². The minimum Gasteiger partial charge on any atom is -0.366 e. The van der Waals surface area contributed by atoms with E-state index in [2.05, 4.69) is 5.32 Å². The maximum Gasteiger partial charge on any atom is 0.248 e. The number of hydrogen-bond acceptors (Lipinski definition) is 3. The average Bonchev–Trinajstić information content (AvgIpc) is 2.34. The molecule has 1 aromatic rings. The van der Waals surface area contributed by atoms with Gasteiger partial charge in [0.2, 0.25) is 11.8 Å². The van der Waals surface area contributed by atoms with Gasteiger partial charge in [0.25, 0.3) is 0 Å². The van der Waals surface area contributed by atoms with Gasteiger partial charge in [-0.25, -0.2) is 0 Å². The highest BCUT2D eigenvalue weighted by Gasteiger charge is 2.37. The van der Waals surface area contributed by atoms with Gasteiger partial charge in [-0.1, -0.05) is 12.5 Å². The fraction of sp³-hybridized carbons (Fsp3) is 0.429. The smallest absolute Gasteiger partial charge is 0.248 e. The van der Waals surface area contributed by atoms with Gasteiger partial charge in [-0.3, -0.25) is 9.59 Å². The van der Waals surface area contributed by atoms with Crippen molar-refractivity contribution in [2.75, 3.05) is 11.9 Å². The number of rotatable bonds is 5. The molecule has 5 heteroatoms. The fourth-order valence-electron chi connectivity index (χ4n) is 2.43. The predicted molar refractivity (Wildman–Crippen MR) is 73.5 cm³/mol. The lowest BCUT2D eigenvalue weighted by Crippen LogP contribution is -2.40. The van der Waals surface area contributed by atoms with E-state index in [-0.39, 0.29) is 11.3 Å². The molecular formula is C14H19N3O2. The van der Waals surface area contributed by atoms with Gasteiger partial charge in [0, 0.05) is 17.7 Å². The first-order valence-electron chi connectivity index (χ1n) is 6.44. The zero-order valence-corrected chi connectivity index (χ0v) is 10.8.